The van der Waals surface area contributed by atoms with Gasteiger partial charge in [-0.15, -0.1) is 0 Å². The first-order valence-electron chi connectivity index (χ1n) is 8.27. The fourth-order valence-corrected chi connectivity index (χ4v) is 3.22. The number of imidazole rings is 1. The first-order chi connectivity index (χ1) is 11.4. The second-order valence-electron chi connectivity index (χ2n) is 6.20. The minimum absolute atomic E-state index is 0.984. The predicted molar refractivity (Wildman–Crippen MR) is 95.0 cm³/mol. The summed E-state index contributed by atoms with van der Waals surface area (Å²) in [5, 5.41) is 0. The van der Waals surface area contributed by atoms with Gasteiger partial charge in [-0.2, -0.15) is 0 Å². The van der Waals surface area contributed by atoms with Gasteiger partial charge in [-0.05, 0) is 36.6 Å². The van der Waals surface area contributed by atoms with Gasteiger partial charge in [0, 0.05) is 19.6 Å². The van der Waals surface area contributed by atoms with Crippen molar-refractivity contribution in [3.63, 3.8) is 0 Å². The van der Waals surface area contributed by atoms with E-state index in [1.807, 2.05) is 12.1 Å². The minimum Gasteiger partial charge on any atom is -0.338 e. The normalized spacial score (nSPS) is 15.9. The number of H-pyrrole nitrogens is 1. The summed E-state index contributed by atoms with van der Waals surface area (Å²) in [4.78, 5) is 10.6. The molecular formula is C20H21N3. The molecule has 1 N–H and O–H groups in total. The van der Waals surface area contributed by atoms with E-state index in [-0.39, 0.29) is 0 Å². The number of hydrogen-bond acceptors (Lipinski definition) is 2. The van der Waals surface area contributed by atoms with Gasteiger partial charge in [0.05, 0.1) is 11.0 Å². The van der Waals surface area contributed by atoms with Gasteiger partial charge < -0.3 is 4.98 Å². The van der Waals surface area contributed by atoms with E-state index in [4.69, 9.17) is 0 Å². The summed E-state index contributed by atoms with van der Waals surface area (Å²) in [5.41, 5.74) is 5.05. The first kappa shape index (κ1) is 14.2. The van der Waals surface area contributed by atoms with E-state index in [9.17, 15) is 0 Å². The van der Waals surface area contributed by atoms with Crippen LogP contribution in [-0.2, 0) is 6.54 Å². The lowest BCUT2D eigenvalue weighted by Crippen LogP contribution is -2.30. The molecule has 3 nitrogen and oxygen atoms in total. The molecule has 1 aromatic heterocycles. The molecule has 1 fully saturated rings. The number of nitrogens with zero attached hydrogens (tertiary/aromatic N) is 2. The van der Waals surface area contributed by atoms with Crippen molar-refractivity contribution in [2.45, 2.75) is 19.4 Å². The van der Waals surface area contributed by atoms with Crippen molar-refractivity contribution in [2.75, 3.05) is 13.1 Å². The smallest absolute Gasteiger partial charge is 0.131 e. The Morgan fingerprint density at radius 1 is 0.957 bits per heavy atom. The van der Waals surface area contributed by atoms with Gasteiger partial charge in [-0.3, -0.25) is 4.90 Å². The first-order valence-corrected chi connectivity index (χ1v) is 8.27. The largest absolute Gasteiger partial charge is 0.338 e. The van der Waals surface area contributed by atoms with Gasteiger partial charge >= 0.3 is 0 Å². The summed E-state index contributed by atoms with van der Waals surface area (Å²) >= 11 is 0. The molecule has 23 heavy (non-hydrogen) atoms. The molecule has 0 spiro atoms. The van der Waals surface area contributed by atoms with E-state index in [0.717, 1.165) is 49.3 Å². The maximum atomic E-state index is 4.65. The predicted octanol–water partition coefficient (Wildman–Crippen LogP) is 4.24. The van der Waals surface area contributed by atoms with Crippen molar-refractivity contribution in [2.24, 2.45) is 0 Å². The molecule has 0 radical (unpaired) electrons. The monoisotopic (exact) mass is 303 g/mol. The van der Waals surface area contributed by atoms with Crippen LogP contribution in [0, 0.1) is 0 Å². The zero-order valence-corrected chi connectivity index (χ0v) is 13.2. The van der Waals surface area contributed by atoms with Gasteiger partial charge in [0.25, 0.3) is 0 Å². The number of rotatable bonds is 3. The van der Waals surface area contributed by atoms with Gasteiger partial charge in [0.2, 0.25) is 0 Å². The molecule has 0 bridgehead atoms. The number of piperidine rings is 1. The van der Waals surface area contributed by atoms with Crippen LogP contribution in [0.1, 0.15) is 24.2 Å². The minimum atomic E-state index is 0.984. The molecular weight excluding hydrogens is 282 g/mol. The third kappa shape index (κ3) is 3.35. The lowest BCUT2D eigenvalue weighted by atomic mass is 10.0. The number of hydrogen-bond donors (Lipinski definition) is 1. The van der Waals surface area contributed by atoms with Crippen LogP contribution >= 0.6 is 0 Å². The van der Waals surface area contributed by atoms with Crippen LogP contribution < -0.4 is 0 Å². The molecule has 116 valence electrons. The number of aromatic amines is 1. The van der Waals surface area contributed by atoms with Crippen LogP contribution in [0.4, 0.5) is 0 Å². The van der Waals surface area contributed by atoms with E-state index in [2.05, 4.69) is 63.4 Å². The maximum absolute atomic E-state index is 4.65. The molecule has 0 atom stereocenters. The molecule has 1 aliphatic rings. The van der Waals surface area contributed by atoms with Crippen molar-refractivity contribution in [3.05, 3.63) is 71.6 Å². The van der Waals surface area contributed by atoms with Crippen LogP contribution in [0.5, 0.6) is 0 Å². The lowest BCUT2D eigenvalue weighted by molar-refractivity contribution is 0.249. The Bertz CT molecular complexity index is 774. The molecule has 2 heterocycles. The summed E-state index contributed by atoms with van der Waals surface area (Å²) < 4.78 is 0. The van der Waals surface area contributed by atoms with Crippen LogP contribution in [0.2, 0.25) is 0 Å². The van der Waals surface area contributed by atoms with E-state index >= 15 is 0 Å². The van der Waals surface area contributed by atoms with Crippen molar-refractivity contribution in [1.29, 1.82) is 0 Å². The Kier molecular flexibility index (Phi) is 3.95. The van der Waals surface area contributed by atoms with Crippen molar-refractivity contribution < 1.29 is 0 Å². The van der Waals surface area contributed by atoms with Gasteiger partial charge in [0.1, 0.15) is 5.82 Å². The van der Waals surface area contributed by atoms with Crippen molar-refractivity contribution >= 4 is 17.1 Å². The Labute approximate surface area is 136 Å². The molecule has 1 aliphatic heterocycles. The van der Waals surface area contributed by atoms with Gasteiger partial charge in [-0.1, -0.05) is 48.0 Å². The van der Waals surface area contributed by atoms with Crippen molar-refractivity contribution in [3.8, 4) is 0 Å². The highest BCUT2D eigenvalue weighted by Gasteiger charge is 2.14. The van der Waals surface area contributed by atoms with Crippen LogP contribution in [-0.4, -0.2) is 28.0 Å². The summed E-state index contributed by atoms with van der Waals surface area (Å²) in [6, 6.07) is 18.9. The summed E-state index contributed by atoms with van der Waals surface area (Å²) in [6.45, 7) is 3.31. The van der Waals surface area contributed by atoms with Gasteiger partial charge in [0.15, 0.2) is 0 Å². The number of benzene rings is 2. The average Bonchev–Trinajstić information content (AvgIpc) is 3.00. The van der Waals surface area contributed by atoms with E-state index < -0.39 is 0 Å². The lowest BCUT2D eigenvalue weighted by Gasteiger charge is -2.28. The number of para-hydroxylation sites is 2. The Hall–Kier alpha value is -2.39. The molecule has 0 unspecified atom stereocenters. The highest BCUT2D eigenvalue weighted by atomic mass is 15.1. The highest BCUT2D eigenvalue weighted by molar-refractivity contribution is 5.76. The van der Waals surface area contributed by atoms with Crippen molar-refractivity contribution in [1.82, 2.24) is 14.9 Å². The summed E-state index contributed by atoms with van der Waals surface area (Å²) in [7, 11) is 0. The van der Waals surface area contributed by atoms with Crippen LogP contribution in [0.25, 0.3) is 17.1 Å². The number of fused-ring (bicyclic) bond motifs is 1. The molecule has 3 heteroatoms. The number of aromatic nitrogens is 2. The SMILES string of the molecule is C(=C1CCN(Cc2ccccc2)CC1)c1nc2ccccc2[nH]1. The van der Waals surface area contributed by atoms with E-state index in [1.54, 1.807) is 0 Å². The molecule has 0 aliphatic carbocycles. The third-order valence-corrected chi connectivity index (χ3v) is 4.50. The molecule has 3 aromatic rings. The highest BCUT2D eigenvalue weighted by Crippen LogP contribution is 2.21. The third-order valence-electron chi connectivity index (χ3n) is 4.50. The van der Waals surface area contributed by atoms with Crippen LogP contribution in [0.15, 0.2) is 60.2 Å². The number of nitrogens with one attached hydrogen (secondary N) is 1. The fraction of sp³-hybridized carbons (Fsp3) is 0.250. The zero-order valence-electron chi connectivity index (χ0n) is 13.2. The quantitative estimate of drug-likeness (QED) is 0.784. The zero-order chi connectivity index (χ0) is 15.5. The molecule has 4 rings (SSSR count). The number of likely N-dealkylation sites (tertiary alicyclic amines) is 1. The molecule has 0 saturated carbocycles. The topological polar surface area (TPSA) is 31.9 Å². The van der Waals surface area contributed by atoms with Gasteiger partial charge in [-0.25, -0.2) is 4.98 Å². The fourth-order valence-electron chi connectivity index (χ4n) is 3.22. The van der Waals surface area contributed by atoms with Crippen LogP contribution in [0.3, 0.4) is 0 Å². The summed E-state index contributed by atoms with van der Waals surface area (Å²) in [6.07, 6.45) is 4.49. The Morgan fingerprint density at radius 3 is 2.48 bits per heavy atom. The maximum Gasteiger partial charge on any atom is 0.131 e. The standard InChI is InChI=1S/C20H21N3/c1-2-6-17(7-3-1)15-23-12-10-16(11-13-23)14-20-21-18-8-4-5-9-19(18)22-20/h1-9,14H,10-13,15H2,(H,21,22). The summed E-state index contributed by atoms with van der Waals surface area (Å²) in [5.74, 6) is 0.984. The van der Waals surface area contributed by atoms with E-state index in [0.29, 0.717) is 0 Å². The Balaban J connectivity index is 1.40. The van der Waals surface area contributed by atoms with E-state index in [1.165, 1.54) is 11.1 Å². The molecule has 1 saturated heterocycles. The average molecular weight is 303 g/mol. The molecule has 2 aromatic carbocycles. The second kappa shape index (κ2) is 6.39. The Morgan fingerprint density at radius 2 is 1.70 bits per heavy atom. The second-order valence-corrected chi connectivity index (χ2v) is 6.20. The molecule has 0 amide bonds.